The smallest absolute Gasteiger partial charge is 0.271 e. The van der Waals surface area contributed by atoms with E-state index in [1.165, 1.54) is 6.21 Å². The molecule has 3 aromatic carbocycles. The van der Waals surface area contributed by atoms with Crippen LogP contribution in [0.25, 0.3) is 0 Å². The number of nitrogens with one attached hydrogen (secondary N) is 1. The van der Waals surface area contributed by atoms with E-state index >= 15 is 0 Å². The molecule has 3 aromatic rings. The quantitative estimate of drug-likeness (QED) is 0.248. The Morgan fingerprint density at radius 3 is 2.48 bits per heavy atom. The second kappa shape index (κ2) is 12.3. The van der Waals surface area contributed by atoms with Gasteiger partial charge in [-0.05, 0) is 82.0 Å². The molecule has 0 aliphatic heterocycles. The zero-order chi connectivity index (χ0) is 23.6. The van der Waals surface area contributed by atoms with Crippen molar-refractivity contribution in [1.29, 1.82) is 0 Å². The molecule has 8 heteroatoms. The molecule has 0 spiro atoms. The number of ether oxygens (including phenoxy) is 3. The first kappa shape index (κ1) is 24.6. The van der Waals surface area contributed by atoms with Crippen molar-refractivity contribution >= 4 is 39.7 Å². The Labute approximate surface area is 206 Å². The van der Waals surface area contributed by atoms with E-state index in [4.69, 9.17) is 25.8 Å². The van der Waals surface area contributed by atoms with E-state index in [1.54, 1.807) is 37.4 Å². The summed E-state index contributed by atoms with van der Waals surface area (Å²) in [5, 5.41) is 4.72. The molecule has 1 amide bonds. The van der Waals surface area contributed by atoms with Crippen LogP contribution in [0, 0.1) is 0 Å². The first-order chi connectivity index (χ1) is 16.0. The molecule has 6 nitrogen and oxygen atoms in total. The highest BCUT2D eigenvalue weighted by atomic mass is 79.9. The predicted molar refractivity (Wildman–Crippen MR) is 134 cm³/mol. The molecular weight excluding hydrogens is 508 g/mol. The average molecular weight is 532 g/mol. The van der Waals surface area contributed by atoms with Gasteiger partial charge in [0.2, 0.25) is 0 Å². The normalized spacial score (nSPS) is 10.8. The van der Waals surface area contributed by atoms with Crippen LogP contribution in [0.2, 0.25) is 5.02 Å². The van der Waals surface area contributed by atoms with Crippen LogP contribution >= 0.6 is 27.5 Å². The third-order valence-electron chi connectivity index (χ3n) is 4.52. The van der Waals surface area contributed by atoms with Crippen molar-refractivity contribution < 1.29 is 19.0 Å². The summed E-state index contributed by atoms with van der Waals surface area (Å²) in [6.45, 7) is 3.04. The van der Waals surface area contributed by atoms with Crippen LogP contribution in [0.5, 0.6) is 17.2 Å². The monoisotopic (exact) mass is 530 g/mol. The van der Waals surface area contributed by atoms with Crippen molar-refractivity contribution in [2.24, 2.45) is 5.10 Å². The molecule has 0 aliphatic rings. The summed E-state index contributed by atoms with van der Waals surface area (Å²) < 4.78 is 17.6. The number of halogens is 2. The summed E-state index contributed by atoms with van der Waals surface area (Å²) in [5.41, 5.74) is 4.71. The van der Waals surface area contributed by atoms with Crippen LogP contribution in [0.3, 0.4) is 0 Å². The van der Waals surface area contributed by atoms with Crippen LogP contribution in [-0.4, -0.2) is 25.8 Å². The number of methoxy groups -OCH3 is 1. The number of amides is 1. The maximum absolute atomic E-state index is 12.3. The number of rotatable bonds is 10. The molecule has 3 rings (SSSR count). The minimum absolute atomic E-state index is 0.317. The minimum Gasteiger partial charge on any atom is -0.494 e. The molecule has 172 valence electrons. The molecule has 0 atom stereocenters. The van der Waals surface area contributed by atoms with Gasteiger partial charge in [0.15, 0.2) is 11.5 Å². The van der Waals surface area contributed by atoms with Crippen LogP contribution in [0.1, 0.15) is 34.8 Å². The Morgan fingerprint density at radius 2 is 1.82 bits per heavy atom. The topological polar surface area (TPSA) is 69.2 Å². The van der Waals surface area contributed by atoms with Gasteiger partial charge in [-0.3, -0.25) is 4.79 Å². The largest absolute Gasteiger partial charge is 0.494 e. The van der Waals surface area contributed by atoms with E-state index in [-0.39, 0.29) is 5.91 Å². The lowest BCUT2D eigenvalue weighted by molar-refractivity contribution is 0.0955. The number of hydrogen-bond donors (Lipinski definition) is 1. The van der Waals surface area contributed by atoms with E-state index in [1.807, 2.05) is 37.3 Å². The zero-order valence-electron chi connectivity index (χ0n) is 18.3. The van der Waals surface area contributed by atoms with Gasteiger partial charge >= 0.3 is 0 Å². The molecule has 0 aliphatic carbocycles. The SMILES string of the molecule is CCCOc1ccc(C(=O)N/N=C\c2cc(Br)c(OCc3ccc(Cl)cc3)c(OC)c2)cc1. The number of carbonyl (C=O) groups is 1. The zero-order valence-corrected chi connectivity index (χ0v) is 20.7. The number of nitrogens with zero attached hydrogens (tertiary/aromatic N) is 1. The van der Waals surface area contributed by atoms with E-state index in [2.05, 4.69) is 26.5 Å². The lowest BCUT2D eigenvalue weighted by atomic mass is 10.2. The predicted octanol–water partition coefficient (Wildman–Crippen LogP) is 6.24. The summed E-state index contributed by atoms with van der Waals surface area (Å²) in [6.07, 6.45) is 2.46. The second-order valence-electron chi connectivity index (χ2n) is 7.02. The van der Waals surface area contributed by atoms with Crippen LogP contribution in [-0.2, 0) is 6.61 Å². The fourth-order valence-corrected chi connectivity index (χ4v) is 3.54. The van der Waals surface area contributed by atoms with Crippen LogP contribution in [0.15, 0.2) is 70.2 Å². The summed E-state index contributed by atoms with van der Waals surface area (Å²) in [6, 6.07) is 18.0. The maximum atomic E-state index is 12.3. The van der Waals surface area contributed by atoms with Crippen molar-refractivity contribution in [2.45, 2.75) is 20.0 Å². The van der Waals surface area contributed by atoms with E-state index in [0.29, 0.717) is 39.8 Å². The molecule has 33 heavy (non-hydrogen) atoms. The highest BCUT2D eigenvalue weighted by molar-refractivity contribution is 9.10. The van der Waals surface area contributed by atoms with Gasteiger partial charge in [0.05, 0.1) is 24.4 Å². The Morgan fingerprint density at radius 1 is 1.09 bits per heavy atom. The van der Waals surface area contributed by atoms with Gasteiger partial charge in [0, 0.05) is 10.6 Å². The standard InChI is InChI=1S/C25H24BrClN2O4/c1-3-12-32-21-10-6-19(7-11-21)25(30)29-28-15-18-13-22(26)24(23(14-18)31-2)33-16-17-4-8-20(27)9-5-17/h4-11,13-15H,3,12,16H2,1-2H3,(H,29,30)/b28-15-. The minimum atomic E-state index is -0.317. The lowest BCUT2D eigenvalue weighted by Gasteiger charge is -2.13. The van der Waals surface area contributed by atoms with Gasteiger partial charge in [0.1, 0.15) is 12.4 Å². The Hall–Kier alpha value is -3.03. The number of benzene rings is 3. The van der Waals surface area contributed by atoms with Crippen molar-refractivity contribution in [3.8, 4) is 17.2 Å². The van der Waals surface area contributed by atoms with Gasteiger partial charge in [0.25, 0.3) is 5.91 Å². The molecule has 1 N–H and O–H groups in total. The number of hydrogen-bond acceptors (Lipinski definition) is 5. The van der Waals surface area contributed by atoms with E-state index < -0.39 is 0 Å². The highest BCUT2D eigenvalue weighted by Gasteiger charge is 2.12. The van der Waals surface area contributed by atoms with E-state index in [0.717, 1.165) is 23.3 Å². The fourth-order valence-electron chi connectivity index (χ4n) is 2.84. The Kier molecular flexibility index (Phi) is 9.15. The van der Waals surface area contributed by atoms with Crippen molar-refractivity contribution in [1.82, 2.24) is 5.43 Å². The van der Waals surface area contributed by atoms with Gasteiger partial charge in [-0.25, -0.2) is 5.43 Å². The number of carbonyl (C=O) groups excluding carboxylic acids is 1. The Balaban J connectivity index is 1.62. The molecule has 0 saturated carbocycles. The lowest BCUT2D eigenvalue weighted by Crippen LogP contribution is -2.17. The first-order valence-electron chi connectivity index (χ1n) is 10.3. The summed E-state index contributed by atoms with van der Waals surface area (Å²) >= 11 is 9.45. The van der Waals surface area contributed by atoms with Gasteiger partial charge in [-0.1, -0.05) is 30.7 Å². The summed E-state index contributed by atoms with van der Waals surface area (Å²) in [7, 11) is 1.56. The highest BCUT2D eigenvalue weighted by Crippen LogP contribution is 2.37. The molecular formula is C25H24BrClN2O4. The Bertz CT molecular complexity index is 1100. The molecule has 0 radical (unpaired) electrons. The third kappa shape index (κ3) is 7.23. The van der Waals surface area contributed by atoms with Gasteiger partial charge < -0.3 is 14.2 Å². The molecule has 0 bridgehead atoms. The summed E-state index contributed by atoms with van der Waals surface area (Å²) in [5.74, 6) is 1.52. The van der Waals surface area contributed by atoms with Crippen molar-refractivity contribution in [3.63, 3.8) is 0 Å². The van der Waals surface area contributed by atoms with E-state index in [9.17, 15) is 4.79 Å². The maximum Gasteiger partial charge on any atom is 0.271 e. The number of hydrazone groups is 1. The molecule has 0 aromatic heterocycles. The van der Waals surface area contributed by atoms with Crippen LogP contribution < -0.4 is 19.6 Å². The molecule has 0 unspecified atom stereocenters. The van der Waals surface area contributed by atoms with Crippen molar-refractivity contribution in [3.05, 3.63) is 86.8 Å². The van der Waals surface area contributed by atoms with Crippen LogP contribution in [0.4, 0.5) is 0 Å². The first-order valence-corrected chi connectivity index (χ1v) is 11.5. The molecule has 0 saturated heterocycles. The van der Waals surface area contributed by atoms with Gasteiger partial charge in [-0.15, -0.1) is 0 Å². The fraction of sp³-hybridized carbons (Fsp3) is 0.200. The van der Waals surface area contributed by atoms with Gasteiger partial charge in [-0.2, -0.15) is 5.10 Å². The second-order valence-corrected chi connectivity index (χ2v) is 8.31. The molecule has 0 fully saturated rings. The van der Waals surface area contributed by atoms with Crippen molar-refractivity contribution in [2.75, 3.05) is 13.7 Å². The average Bonchev–Trinajstić information content (AvgIpc) is 2.83. The summed E-state index contributed by atoms with van der Waals surface area (Å²) in [4.78, 5) is 12.3. The molecule has 0 heterocycles. The third-order valence-corrected chi connectivity index (χ3v) is 5.36.